The smallest absolute Gasteiger partial charge is 0.352 e. The molecule has 1 aliphatic rings. The predicted octanol–water partition coefficient (Wildman–Crippen LogP) is -0.723. The van der Waals surface area contributed by atoms with Crippen molar-refractivity contribution in [2.24, 2.45) is 4.99 Å². The first-order valence-electron chi connectivity index (χ1n) is 2.67. The van der Waals surface area contributed by atoms with Crippen LogP contribution in [0.1, 0.15) is 6.42 Å². The van der Waals surface area contributed by atoms with Gasteiger partial charge in [-0.1, -0.05) is 0 Å². The fourth-order valence-electron chi connectivity index (χ4n) is 0.760. The van der Waals surface area contributed by atoms with Gasteiger partial charge in [0.1, 0.15) is 11.8 Å². The van der Waals surface area contributed by atoms with E-state index in [1.165, 1.54) is 0 Å². The summed E-state index contributed by atoms with van der Waals surface area (Å²) in [6.07, 6.45) is -0.399. The van der Waals surface area contributed by atoms with E-state index in [1.807, 2.05) is 0 Å². The minimum atomic E-state index is -1.11. The highest BCUT2D eigenvalue weighted by Gasteiger charge is 2.23. The van der Waals surface area contributed by atoms with E-state index in [2.05, 4.69) is 4.99 Å². The number of nitrogens with zero attached hydrogens (tertiary/aromatic N) is 1. The van der Waals surface area contributed by atoms with E-state index in [0.717, 1.165) is 0 Å². The topological polar surface area (TPSA) is 69.9 Å². The second-order valence-corrected chi connectivity index (χ2v) is 1.88. The van der Waals surface area contributed by atoms with Crippen molar-refractivity contribution in [1.29, 1.82) is 0 Å². The molecule has 0 spiro atoms. The van der Waals surface area contributed by atoms with E-state index in [0.29, 0.717) is 13.0 Å². The minimum Gasteiger partial charge on any atom is -0.477 e. The highest BCUT2D eigenvalue weighted by Crippen LogP contribution is 2.04. The molecule has 0 aromatic carbocycles. The summed E-state index contributed by atoms with van der Waals surface area (Å²) >= 11 is 0. The molecular formula is C5H7NO3. The van der Waals surface area contributed by atoms with Crippen molar-refractivity contribution >= 4 is 11.7 Å². The molecule has 1 unspecified atom stereocenters. The van der Waals surface area contributed by atoms with Crippen molar-refractivity contribution in [3.05, 3.63) is 0 Å². The minimum absolute atomic E-state index is 0.102. The summed E-state index contributed by atoms with van der Waals surface area (Å²) in [6, 6.07) is 0. The first-order valence-corrected chi connectivity index (χ1v) is 2.67. The number of hydrogen-bond acceptors (Lipinski definition) is 3. The number of carboxylic acids is 1. The molecule has 0 aromatic heterocycles. The Morgan fingerprint density at radius 1 is 1.78 bits per heavy atom. The van der Waals surface area contributed by atoms with Gasteiger partial charge in [-0.3, -0.25) is 4.99 Å². The predicted molar refractivity (Wildman–Crippen MR) is 30.6 cm³/mol. The zero-order valence-electron chi connectivity index (χ0n) is 4.74. The fraction of sp³-hybridized carbons (Fsp3) is 0.600. The summed E-state index contributed by atoms with van der Waals surface area (Å²) in [5.74, 6) is -1.11. The molecule has 0 amide bonds. The molecule has 9 heavy (non-hydrogen) atoms. The average molecular weight is 129 g/mol. The third-order valence-corrected chi connectivity index (χ3v) is 1.22. The molecule has 0 saturated heterocycles. The van der Waals surface area contributed by atoms with Crippen LogP contribution in [0.5, 0.6) is 0 Å². The maximum absolute atomic E-state index is 10.1. The SMILES string of the molecule is O=C(O)C1=NCCC1O. The van der Waals surface area contributed by atoms with E-state index in [9.17, 15) is 4.79 Å². The van der Waals surface area contributed by atoms with Crippen LogP contribution < -0.4 is 0 Å². The van der Waals surface area contributed by atoms with Crippen molar-refractivity contribution in [3.63, 3.8) is 0 Å². The van der Waals surface area contributed by atoms with Crippen LogP contribution in [0.4, 0.5) is 0 Å². The molecule has 1 aliphatic heterocycles. The number of aliphatic hydroxyl groups is 1. The number of carbonyl (C=O) groups is 1. The maximum atomic E-state index is 10.1. The van der Waals surface area contributed by atoms with E-state index in [-0.39, 0.29) is 5.71 Å². The van der Waals surface area contributed by atoms with E-state index >= 15 is 0 Å². The monoisotopic (exact) mass is 129 g/mol. The molecule has 4 heteroatoms. The summed E-state index contributed by atoms with van der Waals surface area (Å²) in [7, 11) is 0. The van der Waals surface area contributed by atoms with Crippen LogP contribution in [0.2, 0.25) is 0 Å². The molecular weight excluding hydrogens is 122 g/mol. The molecule has 0 aliphatic carbocycles. The lowest BCUT2D eigenvalue weighted by Crippen LogP contribution is -2.23. The quantitative estimate of drug-likeness (QED) is 0.490. The number of hydrogen-bond donors (Lipinski definition) is 2. The Labute approximate surface area is 51.8 Å². The molecule has 2 N–H and O–H groups in total. The molecule has 0 saturated carbocycles. The normalized spacial score (nSPS) is 25.9. The van der Waals surface area contributed by atoms with Crippen LogP contribution in [0.15, 0.2) is 4.99 Å². The number of aliphatic carboxylic acids is 1. The van der Waals surface area contributed by atoms with Gasteiger partial charge < -0.3 is 10.2 Å². The zero-order chi connectivity index (χ0) is 6.85. The van der Waals surface area contributed by atoms with Crippen LogP contribution >= 0.6 is 0 Å². The van der Waals surface area contributed by atoms with Gasteiger partial charge in [0, 0.05) is 6.54 Å². The van der Waals surface area contributed by atoms with Crippen molar-refractivity contribution in [2.75, 3.05) is 6.54 Å². The third kappa shape index (κ3) is 1.08. The molecule has 0 aromatic rings. The zero-order valence-corrected chi connectivity index (χ0v) is 4.74. The van der Waals surface area contributed by atoms with Crippen molar-refractivity contribution in [2.45, 2.75) is 12.5 Å². The van der Waals surface area contributed by atoms with Crippen molar-refractivity contribution in [1.82, 2.24) is 0 Å². The summed E-state index contributed by atoms with van der Waals surface area (Å²) in [5, 5.41) is 17.1. The highest BCUT2D eigenvalue weighted by atomic mass is 16.4. The van der Waals surface area contributed by atoms with E-state index in [1.54, 1.807) is 0 Å². The van der Waals surface area contributed by atoms with Crippen LogP contribution in [-0.2, 0) is 4.79 Å². The summed E-state index contributed by atoms with van der Waals surface area (Å²) < 4.78 is 0. The van der Waals surface area contributed by atoms with Gasteiger partial charge >= 0.3 is 5.97 Å². The Bertz CT molecular complexity index is 164. The largest absolute Gasteiger partial charge is 0.477 e. The Balaban J connectivity index is 2.68. The summed E-state index contributed by atoms with van der Waals surface area (Å²) in [6.45, 7) is 0.433. The van der Waals surface area contributed by atoms with Crippen LogP contribution in [-0.4, -0.2) is 34.5 Å². The maximum Gasteiger partial charge on any atom is 0.352 e. The van der Waals surface area contributed by atoms with Crippen molar-refractivity contribution in [3.8, 4) is 0 Å². The first-order chi connectivity index (χ1) is 4.22. The van der Waals surface area contributed by atoms with E-state index in [4.69, 9.17) is 10.2 Å². The molecule has 0 radical (unpaired) electrons. The number of aliphatic imine (C=N–C) groups is 1. The first kappa shape index (κ1) is 6.22. The van der Waals surface area contributed by atoms with Crippen LogP contribution in [0, 0.1) is 0 Å². The highest BCUT2D eigenvalue weighted by molar-refractivity contribution is 6.37. The van der Waals surface area contributed by atoms with Gasteiger partial charge in [-0.15, -0.1) is 0 Å². The Kier molecular flexibility index (Phi) is 1.48. The van der Waals surface area contributed by atoms with Gasteiger partial charge in [-0.2, -0.15) is 0 Å². The summed E-state index contributed by atoms with van der Waals surface area (Å²) in [4.78, 5) is 13.7. The standard InChI is InChI=1S/C5H7NO3/c7-3-1-2-6-4(3)5(8)9/h3,7H,1-2H2,(H,8,9). The van der Waals surface area contributed by atoms with Gasteiger partial charge in [0.2, 0.25) is 0 Å². The average Bonchev–Trinajstić information content (AvgIpc) is 2.13. The Hall–Kier alpha value is -0.900. The molecule has 4 nitrogen and oxygen atoms in total. The molecule has 0 bridgehead atoms. The molecule has 1 rings (SSSR count). The van der Waals surface area contributed by atoms with Gasteiger partial charge in [0.25, 0.3) is 0 Å². The van der Waals surface area contributed by atoms with Crippen molar-refractivity contribution < 1.29 is 15.0 Å². The fourth-order valence-corrected chi connectivity index (χ4v) is 0.760. The molecule has 1 heterocycles. The van der Waals surface area contributed by atoms with Gasteiger partial charge in [-0.05, 0) is 6.42 Å². The van der Waals surface area contributed by atoms with Crippen LogP contribution in [0.3, 0.4) is 0 Å². The third-order valence-electron chi connectivity index (χ3n) is 1.22. The lowest BCUT2D eigenvalue weighted by Gasteiger charge is -1.97. The lowest BCUT2D eigenvalue weighted by molar-refractivity contribution is -0.129. The molecule has 1 atom stereocenters. The molecule has 0 fully saturated rings. The Morgan fingerprint density at radius 3 is 2.67 bits per heavy atom. The van der Waals surface area contributed by atoms with E-state index < -0.39 is 12.1 Å². The number of carboxylic acid groups (broad SMARTS) is 1. The van der Waals surface area contributed by atoms with Gasteiger partial charge in [-0.25, -0.2) is 4.79 Å². The molecule has 50 valence electrons. The second-order valence-electron chi connectivity index (χ2n) is 1.88. The number of rotatable bonds is 1. The van der Waals surface area contributed by atoms with Crippen LogP contribution in [0.25, 0.3) is 0 Å². The second kappa shape index (κ2) is 2.14. The lowest BCUT2D eigenvalue weighted by atomic mass is 10.2. The van der Waals surface area contributed by atoms with Gasteiger partial charge in [0.05, 0.1) is 0 Å². The van der Waals surface area contributed by atoms with Gasteiger partial charge in [0.15, 0.2) is 0 Å². The Morgan fingerprint density at radius 2 is 2.44 bits per heavy atom. The number of aliphatic hydroxyl groups excluding tert-OH is 1. The summed E-state index contributed by atoms with van der Waals surface area (Å²) in [5.41, 5.74) is -0.102.